The molecule has 5 aliphatic carbocycles. The standard InChI is InChI=1S/C33H55NO2/c1-21(2)23-11-16-33(19-20-34-22(3)35)18-17-31(7)24(28(23)33)9-10-26-30(6)14-13-27(36)29(4,5)25(30)12-15-32(26,31)8/h23-28,36H,1,9-20H2,2-8H3,(H,34,35)/t23-,24+,25-,26+,27-,28+,30-,31+,32+,33+/m0/s1. The molecule has 0 unspecified atom stereocenters. The molecular formula is C33H55NO2. The van der Waals surface area contributed by atoms with Gasteiger partial charge in [0, 0.05) is 13.5 Å². The number of aliphatic hydroxyl groups excluding tert-OH is 1. The summed E-state index contributed by atoms with van der Waals surface area (Å²) in [5.74, 6) is 3.61. The Labute approximate surface area is 221 Å². The maximum Gasteiger partial charge on any atom is 0.216 e. The van der Waals surface area contributed by atoms with Crippen LogP contribution in [-0.2, 0) is 4.79 Å². The van der Waals surface area contributed by atoms with Crippen molar-refractivity contribution in [3.8, 4) is 0 Å². The third-order valence-corrected chi connectivity index (χ3v) is 14.2. The minimum atomic E-state index is -0.152. The van der Waals surface area contributed by atoms with Gasteiger partial charge in [-0.2, -0.15) is 0 Å². The molecule has 2 N–H and O–H groups in total. The summed E-state index contributed by atoms with van der Waals surface area (Å²) in [5.41, 5.74) is 2.87. The van der Waals surface area contributed by atoms with Gasteiger partial charge in [0.25, 0.3) is 0 Å². The van der Waals surface area contributed by atoms with E-state index in [4.69, 9.17) is 0 Å². The van der Waals surface area contributed by atoms with Gasteiger partial charge in [-0.25, -0.2) is 0 Å². The summed E-state index contributed by atoms with van der Waals surface area (Å²) in [6.45, 7) is 22.1. The number of hydrogen-bond donors (Lipinski definition) is 2. The molecule has 5 rings (SSSR count). The van der Waals surface area contributed by atoms with E-state index in [9.17, 15) is 9.90 Å². The first-order valence-electron chi connectivity index (χ1n) is 15.3. The number of aliphatic hydroxyl groups is 1. The summed E-state index contributed by atoms with van der Waals surface area (Å²) in [6, 6.07) is 0. The zero-order chi connectivity index (χ0) is 26.3. The van der Waals surface area contributed by atoms with E-state index in [1.165, 1.54) is 63.4 Å². The molecular weight excluding hydrogens is 442 g/mol. The van der Waals surface area contributed by atoms with Crippen LogP contribution in [-0.4, -0.2) is 23.7 Å². The number of hydrogen-bond acceptors (Lipinski definition) is 2. The Kier molecular flexibility index (Phi) is 6.38. The van der Waals surface area contributed by atoms with Crippen molar-refractivity contribution in [1.82, 2.24) is 5.32 Å². The molecule has 0 aromatic carbocycles. The molecule has 1 amide bonds. The number of rotatable bonds is 4. The summed E-state index contributed by atoms with van der Waals surface area (Å²) < 4.78 is 0. The van der Waals surface area contributed by atoms with Gasteiger partial charge in [-0.05, 0) is 134 Å². The van der Waals surface area contributed by atoms with Crippen LogP contribution in [0.3, 0.4) is 0 Å². The Bertz CT molecular complexity index is 909. The fraction of sp³-hybridized carbons (Fsp3) is 0.909. The first-order chi connectivity index (χ1) is 16.7. The molecule has 5 saturated carbocycles. The highest BCUT2D eigenvalue weighted by atomic mass is 16.3. The highest BCUT2D eigenvalue weighted by molar-refractivity contribution is 5.72. The van der Waals surface area contributed by atoms with Gasteiger partial charge in [0.1, 0.15) is 0 Å². The summed E-state index contributed by atoms with van der Waals surface area (Å²) in [6.07, 6.45) is 13.7. The van der Waals surface area contributed by atoms with Crippen molar-refractivity contribution >= 4 is 5.91 Å². The molecule has 0 saturated heterocycles. The molecule has 3 nitrogen and oxygen atoms in total. The minimum absolute atomic E-state index is 0.0218. The normalized spacial score (nSPS) is 51.3. The highest BCUT2D eigenvalue weighted by Crippen LogP contribution is 2.77. The van der Waals surface area contributed by atoms with Gasteiger partial charge in [-0.15, -0.1) is 0 Å². The Morgan fingerprint density at radius 2 is 1.58 bits per heavy atom. The van der Waals surface area contributed by atoms with Crippen molar-refractivity contribution in [1.29, 1.82) is 0 Å². The van der Waals surface area contributed by atoms with Crippen molar-refractivity contribution in [2.75, 3.05) is 6.54 Å². The van der Waals surface area contributed by atoms with Crippen LogP contribution >= 0.6 is 0 Å². The lowest BCUT2D eigenvalue weighted by Gasteiger charge is -2.73. The van der Waals surface area contributed by atoms with Crippen molar-refractivity contribution in [3.05, 3.63) is 12.2 Å². The molecule has 3 heteroatoms. The predicted octanol–water partition coefficient (Wildman–Crippen LogP) is 7.53. The number of fused-ring (bicyclic) bond motifs is 7. The van der Waals surface area contributed by atoms with Crippen LogP contribution in [0.25, 0.3) is 0 Å². The van der Waals surface area contributed by atoms with E-state index in [1.54, 1.807) is 6.92 Å². The molecule has 0 aliphatic heterocycles. The van der Waals surface area contributed by atoms with Gasteiger partial charge < -0.3 is 10.4 Å². The summed E-state index contributed by atoms with van der Waals surface area (Å²) in [7, 11) is 0. The number of carbonyl (C=O) groups is 1. The molecule has 5 fully saturated rings. The predicted molar refractivity (Wildman–Crippen MR) is 148 cm³/mol. The fourth-order valence-corrected chi connectivity index (χ4v) is 12.2. The van der Waals surface area contributed by atoms with Crippen LogP contribution in [0.1, 0.15) is 119 Å². The van der Waals surface area contributed by atoms with Gasteiger partial charge >= 0.3 is 0 Å². The van der Waals surface area contributed by atoms with E-state index in [1.807, 2.05) is 0 Å². The van der Waals surface area contributed by atoms with E-state index in [2.05, 4.69) is 53.4 Å². The first kappa shape index (κ1) is 26.8. The van der Waals surface area contributed by atoms with Gasteiger partial charge in [0.2, 0.25) is 5.91 Å². The van der Waals surface area contributed by atoms with Gasteiger partial charge in [0.15, 0.2) is 0 Å². The first-order valence-corrected chi connectivity index (χ1v) is 15.3. The van der Waals surface area contributed by atoms with Crippen molar-refractivity contribution in [3.63, 3.8) is 0 Å². The Morgan fingerprint density at radius 3 is 2.25 bits per heavy atom. The number of amides is 1. The third kappa shape index (κ3) is 3.49. The Morgan fingerprint density at radius 1 is 0.861 bits per heavy atom. The number of nitrogens with one attached hydrogen (secondary N) is 1. The molecule has 204 valence electrons. The van der Waals surface area contributed by atoms with Crippen LogP contribution in [0.2, 0.25) is 0 Å². The second-order valence-electron chi connectivity index (χ2n) is 15.7. The van der Waals surface area contributed by atoms with E-state index in [0.717, 1.165) is 37.1 Å². The van der Waals surface area contributed by atoms with E-state index < -0.39 is 0 Å². The van der Waals surface area contributed by atoms with Crippen molar-refractivity contribution in [2.45, 2.75) is 125 Å². The largest absolute Gasteiger partial charge is 0.393 e. The van der Waals surface area contributed by atoms with Crippen LogP contribution < -0.4 is 5.32 Å². The maximum absolute atomic E-state index is 11.7. The SMILES string of the molecule is C=C(C)[C@@H]1CC[C@]2(CCNC(C)=O)CC[C@]3(C)[C@H](CC[C@@H]4[C@@]5(C)CC[C@H](O)C(C)(C)[C@@H]5CC[C@]43C)[C@@H]12. The number of allylic oxidation sites excluding steroid dienone is 1. The molecule has 0 bridgehead atoms. The molecule has 5 aliphatic rings. The lowest BCUT2D eigenvalue weighted by molar-refractivity contribution is -0.247. The second kappa shape index (κ2) is 8.59. The molecule has 0 aromatic rings. The summed E-state index contributed by atoms with van der Waals surface area (Å²) in [5, 5.41) is 14.1. The highest BCUT2D eigenvalue weighted by Gasteiger charge is 2.70. The number of carbonyl (C=O) groups excluding carboxylic acids is 1. The van der Waals surface area contributed by atoms with Gasteiger partial charge in [0.05, 0.1) is 6.10 Å². The van der Waals surface area contributed by atoms with Crippen LogP contribution in [0, 0.1) is 56.7 Å². The molecule has 0 spiro atoms. The lowest BCUT2D eigenvalue weighted by Crippen LogP contribution is -2.66. The minimum Gasteiger partial charge on any atom is -0.393 e. The van der Waals surface area contributed by atoms with Crippen LogP contribution in [0.4, 0.5) is 0 Å². The quantitative estimate of drug-likeness (QED) is 0.394. The summed E-state index contributed by atoms with van der Waals surface area (Å²) in [4.78, 5) is 11.7. The van der Waals surface area contributed by atoms with E-state index >= 15 is 0 Å². The van der Waals surface area contributed by atoms with Crippen LogP contribution in [0.15, 0.2) is 12.2 Å². The smallest absolute Gasteiger partial charge is 0.216 e. The topological polar surface area (TPSA) is 49.3 Å². The fourth-order valence-electron chi connectivity index (χ4n) is 12.2. The molecule has 36 heavy (non-hydrogen) atoms. The molecule has 0 aromatic heterocycles. The third-order valence-electron chi connectivity index (χ3n) is 14.2. The summed E-state index contributed by atoms with van der Waals surface area (Å²) >= 11 is 0. The van der Waals surface area contributed by atoms with E-state index in [-0.39, 0.29) is 17.4 Å². The van der Waals surface area contributed by atoms with Crippen molar-refractivity contribution in [2.24, 2.45) is 56.7 Å². The Balaban J connectivity index is 1.50. The average Bonchev–Trinajstić information content (AvgIpc) is 3.17. The average molecular weight is 498 g/mol. The molecule has 10 atom stereocenters. The second-order valence-corrected chi connectivity index (χ2v) is 15.7. The van der Waals surface area contributed by atoms with Crippen molar-refractivity contribution < 1.29 is 9.90 Å². The zero-order valence-corrected chi connectivity index (χ0v) is 24.5. The molecule has 0 radical (unpaired) electrons. The lowest BCUT2D eigenvalue weighted by atomic mass is 9.32. The van der Waals surface area contributed by atoms with E-state index in [0.29, 0.717) is 33.5 Å². The Hall–Kier alpha value is -0.830. The van der Waals surface area contributed by atoms with Gasteiger partial charge in [-0.1, -0.05) is 46.8 Å². The van der Waals surface area contributed by atoms with Crippen LogP contribution in [0.5, 0.6) is 0 Å². The van der Waals surface area contributed by atoms with Gasteiger partial charge in [-0.3, -0.25) is 4.79 Å². The monoisotopic (exact) mass is 497 g/mol. The molecule has 0 heterocycles. The maximum atomic E-state index is 11.7. The zero-order valence-electron chi connectivity index (χ0n) is 24.5.